The van der Waals surface area contributed by atoms with Crippen molar-refractivity contribution in [1.29, 1.82) is 0 Å². The van der Waals surface area contributed by atoms with Crippen LogP contribution in [0.5, 0.6) is 0 Å². The highest BCUT2D eigenvalue weighted by Crippen LogP contribution is 2.18. The monoisotopic (exact) mass is 342 g/mol. The molecule has 1 saturated heterocycles. The summed E-state index contributed by atoms with van der Waals surface area (Å²) in [5.74, 6) is -0.455. The van der Waals surface area contributed by atoms with Gasteiger partial charge < -0.3 is 9.80 Å². The van der Waals surface area contributed by atoms with Crippen LogP contribution in [0.2, 0.25) is 10.0 Å². The number of hydrogen-bond donors (Lipinski definition) is 2. The number of halogens is 2. The van der Waals surface area contributed by atoms with Crippen LogP contribution in [-0.4, -0.2) is 68.2 Å². The predicted molar refractivity (Wildman–Crippen MR) is 79.0 cm³/mol. The zero-order valence-corrected chi connectivity index (χ0v) is 12.9. The molecule has 1 aliphatic rings. The van der Waals surface area contributed by atoms with Gasteiger partial charge in [-0.3, -0.25) is 19.8 Å². The molecule has 3 rings (SSSR count). The summed E-state index contributed by atoms with van der Waals surface area (Å²) in [5, 5.41) is 13.2. The van der Waals surface area contributed by atoms with Crippen LogP contribution in [0, 0.1) is 0 Å². The Labute approximate surface area is 135 Å². The topological polar surface area (TPSA) is 98.0 Å². The molecule has 1 fully saturated rings. The van der Waals surface area contributed by atoms with E-state index in [9.17, 15) is 9.59 Å². The minimum absolute atomic E-state index is 0.228. The molecule has 8 nitrogen and oxygen atoms in total. The van der Waals surface area contributed by atoms with E-state index in [2.05, 4.69) is 20.4 Å². The van der Waals surface area contributed by atoms with Crippen LogP contribution in [0.15, 0.2) is 12.4 Å². The quantitative estimate of drug-likeness (QED) is 0.851. The molecule has 2 N–H and O–H groups in total. The smallest absolute Gasteiger partial charge is 0.273 e. The zero-order valence-electron chi connectivity index (χ0n) is 11.3. The first-order chi connectivity index (χ1) is 10.6. The second kappa shape index (κ2) is 5.98. The molecule has 0 aliphatic carbocycles. The lowest BCUT2D eigenvalue weighted by atomic mass is 10.2. The average molecular weight is 343 g/mol. The molecule has 0 saturated carbocycles. The number of nitrogens with one attached hydrogen (secondary N) is 2. The Morgan fingerprint density at radius 3 is 1.50 bits per heavy atom. The van der Waals surface area contributed by atoms with Gasteiger partial charge >= 0.3 is 0 Å². The first-order valence-electron chi connectivity index (χ1n) is 6.54. The molecule has 0 atom stereocenters. The van der Waals surface area contributed by atoms with Gasteiger partial charge in [0.15, 0.2) is 0 Å². The van der Waals surface area contributed by atoms with E-state index in [-0.39, 0.29) is 33.2 Å². The number of carbonyl (C=O) groups excluding carboxylic acids is 2. The van der Waals surface area contributed by atoms with Gasteiger partial charge in [0.25, 0.3) is 11.8 Å². The average Bonchev–Trinajstić information content (AvgIpc) is 3.14. The molecular weight excluding hydrogens is 331 g/mol. The summed E-state index contributed by atoms with van der Waals surface area (Å²) in [6.45, 7) is 1.63. The van der Waals surface area contributed by atoms with Crippen LogP contribution < -0.4 is 0 Å². The highest BCUT2D eigenvalue weighted by Gasteiger charge is 2.28. The molecule has 116 valence electrons. The molecule has 0 radical (unpaired) electrons. The molecule has 0 spiro atoms. The van der Waals surface area contributed by atoms with Crippen molar-refractivity contribution in [1.82, 2.24) is 30.2 Å². The molecule has 0 unspecified atom stereocenters. The molecule has 2 amide bonds. The van der Waals surface area contributed by atoms with Gasteiger partial charge in [0, 0.05) is 26.2 Å². The third-order valence-corrected chi connectivity index (χ3v) is 4.04. The lowest BCUT2D eigenvalue weighted by Crippen LogP contribution is -2.50. The molecule has 2 aromatic heterocycles. The maximum Gasteiger partial charge on any atom is 0.273 e. The van der Waals surface area contributed by atoms with E-state index < -0.39 is 0 Å². The first kappa shape index (κ1) is 14.9. The lowest BCUT2D eigenvalue weighted by Gasteiger charge is -2.34. The Morgan fingerprint density at radius 1 is 0.864 bits per heavy atom. The Bertz CT molecular complexity index is 644. The fraction of sp³-hybridized carbons (Fsp3) is 0.333. The third kappa shape index (κ3) is 2.67. The van der Waals surface area contributed by atoms with Gasteiger partial charge in [-0.05, 0) is 0 Å². The Morgan fingerprint density at radius 2 is 1.23 bits per heavy atom. The lowest BCUT2D eigenvalue weighted by molar-refractivity contribution is 0.0529. The van der Waals surface area contributed by atoms with E-state index in [1.807, 2.05) is 0 Å². The van der Waals surface area contributed by atoms with Gasteiger partial charge in [-0.2, -0.15) is 10.2 Å². The largest absolute Gasteiger partial charge is 0.334 e. The second-order valence-corrected chi connectivity index (χ2v) is 5.58. The number of nitrogens with zero attached hydrogens (tertiary/aromatic N) is 4. The Balaban J connectivity index is 1.63. The number of aromatic nitrogens is 4. The van der Waals surface area contributed by atoms with Crippen molar-refractivity contribution in [2.45, 2.75) is 0 Å². The first-order valence-corrected chi connectivity index (χ1v) is 7.30. The molecule has 1 aliphatic heterocycles. The number of amides is 2. The van der Waals surface area contributed by atoms with Crippen LogP contribution in [0.1, 0.15) is 21.0 Å². The van der Waals surface area contributed by atoms with Crippen molar-refractivity contribution in [3.63, 3.8) is 0 Å². The van der Waals surface area contributed by atoms with E-state index in [4.69, 9.17) is 23.2 Å². The molecule has 22 heavy (non-hydrogen) atoms. The van der Waals surface area contributed by atoms with Crippen molar-refractivity contribution >= 4 is 35.0 Å². The zero-order chi connectivity index (χ0) is 15.7. The van der Waals surface area contributed by atoms with E-state index in [1.165, 1.54) is 12.4 Å². The van der Waals surface area contributed by atoms with Crippen LogP contribution in [0.4, 0.5) is 0 Å². The van der Waals surface area contributed by atoms with Gasteiger partial charge in [-0.15, -0.1) is 0 Å². The maximum atomic E-state index is 12.3. The molecule has 10 heteroatoms. The van der Waals surface area contributed by atoms with Gasteiger partial charge in [0.2, 0.25) is 0 Å². The molecule has 2 aromatic rings. The van der Waals surface area contributed by atoms with Gasteiger partial charge in [-0.25, -0.2) is 0 Å². The highest BCUT2D eigenvalue weighted by molar-refractivity contribution is 6.33. The van der Waals surface area contributed by atoms with Gasteiger partial charge in [0.05, 0.1) is 22.4 Å². The van der Waals surface area contributed by atoms with Gasteiger partial charge in [-0.1, -0.05) is 23.2 Å². The third-order valence-electron chi connectivity index (χ3n) is 3.47. The number of aromatic amines is 2. The van der Waals surface area contributed by atoms with Crippen LogP contribution in [0.25, 0.3) is 0 Å². The minimum Gasteiger partial charge on any atom is -0.334 e. The normalized spacial score (nSPS) is 15.2. The van der Waals surface area contributed by atoms with E-state index >= 15 is 0 Å². The van der Waals surface area contributed by atoms with Crippen LogP contribution in [-0.2, 0) is 0 Å². The van der Waals surface area contributed by atoms with E-state index in [0.717, 1.165) is 0 Å². The van der Waals surface area contributed by atoms with Crippen molar-refractivity contribution in [2.75, 3.05) is 26.2 Å². The van der Waals surface area contributed by atoms with Gasteiger partial charge in [0.1, 0.15) is 11.4 Å². The van der Waals surface area contributed by atoms with E-state index in [0.29, 0.717) is 26.2 Å². The number of piperazine rings is 1. The van der Waals surface area contributed by atoms with Crippen molar-refractivity contribution in [3.8, 4) is 0 Å². The molecular formula is C12H12Cl2N6O2. The summed E-state index contributed by atoms with van der Waals surface area (Å²) in [6.07, 6.45) is 2.77. The summed E-state index contributed by atoms with van der Waals surface area (Å²) < 4.78 is 0. The van der Waals surface area contributed by atoms with Crippen LogP contribution >= 0.6 is 23.2 Å². The van der Waals surface area contributed by atoms with Crippen molar-refractivity contribution in [3.05, 3.63) is 33.8 Å². The fourth-order valence-corrected chi connectivity index (χ4v) is 2.62. The molecule has 0 bridgehead atoms. The maximum absolute atomic E-state index is 12.3. The summed E-state index contributed by atoms with van der Waals surface area (Å²) in [4.78, 5) is 27.8. The van der Waals surface area contributed by atoms with Crippen molar-refractivity contribution in [2.24, 2.45) is 0 Å². The SMILES string of the molecule is O=C(c1[nH]ncc1Cl)N1CCN(C(=O)c2[nH]ncc2Cl)CC1. The number of carbonyl (C=O) groups is 2. The minimum atomic E-state index is -0.228. The number of rotatable bonds is 2. The summed E-state index contributed by atoms with van der Waals surface area (Å²) in [6, 6.07) is 0. The highest BCUT2D eigenvalue weighted by atomic mass is 35.5. The second-order valence-electron chi connectivity index (χ2n) is 4.77. The molecule has 0 aromatic carbocycles. The Kier molecular flexibility index (Phi) is 4.04. The predicted octanol–water partition coefficient (Wildman–Crippen LogP) is 1.04. The molecule has 3 heterocycles. The van der Waals surface area contributed by atoms with E-state index in [1.54, 1.807) is 9.80 Å². The Hall–Kier alpha value is -2.06. The fourth-order valence-electron chi connectivity index (χ4n) is 2.27. The van der Waals surface area contributed by atoms with Crippen LogP contribution in [0.3, 0.4) is 0 Å². The number of H-pyrrole nitrogens is 2. The summed E-state index contributed by atoms with van der Waals surface area (Å²) >= 11 is 11.8. The standard InChI is InChI=1S/C12H12Cl2N6O2/c13-7-5-15-17-9(7)11(21)19-1-2-20(4-3-19)12(22)10-8(14)6-16-18-10/h5-6H,1-4H2,(H,15,17)(H,16,18). The summed E-state index contributed by atoms with van der Waals surface area (Å²) in [7, 11) is 0. The number of hydrogen-bond acceptors (Lipinski definition) is 4. The van der Waals surface area contributed by atoms with Crippen molar-refractivity contribution < 1.29 is 9.59 Å². The summed E-state index contributed by atoms with van der Waals surface area (Å²) in [5.41, 5.74) is 0.524.